The maximum absolute atomic E-state index is 14.0. The van der Waals surface area contributed by atoms with Crippen molar-refractivity contribution in [2.75, 3.05) is 23.9 Å². The monoisotopic (exact) mass is 671 g/mol. The van der Waals surface area contributed by atoms with Gasteiger partial charge in [-0.1, -0.05) is 35.1 Å². The Morgan fingerprint density at radius 1 is 0.979 bits per heavy atom. The molecule has 3 aromatic carbocycles. The van der Waals surface area contributed by atoms with Crippen molar-refractivity contribution in [3.05, 3.63) is 98.2 Å². The molecule has 3 heterocycles. The van der Waals surface area contributed by atoms with Crippen molar-refractivity contribution in [3.63, 3.8) is 0 Å². The SMILES string of the molecule is COc1cc([C@H]2c3sc(=O)[nH]c3SC3C2[C@H]2C[C@@H]3C3C(=O)N(c4ccc(C)cc4)C(=O)C32)ccc1OCC(=O)Nc1ccc(F)cc1. The lowest BCUT2D eigenvalue weighted by atomic mass is 9.68. The average molecular weight is 672 g/mol. The van der Waals surface area contributed by atoms with E-state index in [0.717, 1.165) is 27.5 Å². The first-order valence-corrected chi connectivity index (χ1v) is 17.1. The van der Waals surface area contributed by atoms with Crippen LogP contribution in [0.5, 0.6) is 11.5 Å². The van der Waals surface area contributed by atoms with Crippen molar-refractivity contribution in [1.29, 1.82) is 0 Å². The molecule has 8 rings (SSSR count). The van der Waals surface area contributed by atoms with Gasteiger partial charge in [0, 0.05) is 21.7 Å². The van der Waals surface area contributed by atoms with Gasteiger partial charge in [-0.25, -0.2) is 4.39 Å². The van der Waals surface area contributed by atoms with Crippen molar-refractivity contribution in [2.45, 2.75) is 29.5 Å². The predicted molar refractivity (Wildman–Crippen MR) is 176 cm³/mol. The topological polar surface area (TPSA) is 118 Å². The first-order valence-electron chi connectivity index (χ1n) is 15.4. The molecule has 0 spiro atoms. The van der Waals surface area contributed by atoms with Gasteiger partial charge in [-0.15, -0.1) is 11.8 Å². The molecule has 4 aliphatic rings. The van der Waals surface area contributed by atoms with E-state index in [9.17, 15) is 23.6 Å². The van der Waals surface area contributed by atoms with Gasteiger partial charge in [0.2, 0.25) is 11.8 Å². The number of hydrogen-bond acceptors (Lipinski definition) is 8. The number of aromatic nitrogens is 1. The highest BCUT2D eigenvalue weighted by Crippen LogP contribution is 2.68. The van der Waals surface area contributed by atoms with E-state index in [4.69, 9.17) is 9.47 Å². The van der Waals surface area contributed by atoms with E-state index in [-0.39, 0.29) is 58.1 Å². The van der Waals surface area contributed by atoms with Gasteiger partial charge in [-0.2, -0.15) is 0 Å². The summed E-state index contributed by atoms with van der Waals surface area (Å²) < 4.78 is 24.8. The Bertz CT molecular complexity index is 1980. The van der Waals surface area contributed by atoms with Gasteiger partial charge in [0.05, 0.1) is 29.7 Å². The molecule has 2 bridgehead atoms. The molecule has 1 saturated heterocycles. The molecule has 3 amide bonds. The van der Waals surface area contributed by atoms with Gasteiger partial charge in [-0.05, 0) is 85.2 Å². The zero-order valence-corrected chi connectivity index (χ0v) is 27.0. The van der Waals surface area contributed by atoms with E-state index in [1.54, 1.807) is 17.8 Å². The first-order chi connectivity index (χ1) is 22.7. The minimum atomic E-state index is -0.413. The van der Waals surface area contributed by atoms with Crippen LogP contribution < -0.4 is 24.6 Å². The lowest BCUT2D eigenvalue weighted by Crippen LogP contribution is -2.42. The molecule has 4 unspecified atom stereocenters. The molecule has 4 aromatic rings. The molecule has 2 saturated carbocycles. The van der Waals surface area contributed by atoms with Crippen molar-refractivity contribution in [1.82, 2.24) is 4.98 Å². The number of thioether (sulfide) groups is 1. The third-order valence-electron chi connectivity index (χ3n) is 10.0. The number of rotatable bonds is 7. The molecule has 240 valence electrons. The number of aromatic amines is 1. The van der Waals surface area contributed by atoms with Crippen molar-refractivity contribution >= 4 is 52.2 Å². The number of halogens is 1. The van der Waals surface area contributed by atoms with E-state index in [1.165, 1.54) is 47.6 Å². The quantitative estimate of drug-likeness (QED) is 0.246. The number of nitrogens with one attached hydrogen (secondary N) is 2. The van der Waals surface area contributed by atoms with Crippen LogP contribution in [-0.4, -0.2) is 41.7 Å². The van der Waals surface area contributed by atoms with Crippen LogP contribution in [0.1, 0.15) is 28.3 Å². The Hall–Kier alpha value is -4.42. The summed E-state index contributed by atoms with van der Waals surface area (Å²) in [5.74, 6) is -1.24. The lowest BCUT2D eigenvalue weighted by Gasteiger charge is -2.43. The summed E-state index contributed by atoms with van der Waals surface area (Å²) in [5.41, 5.74) is 3.03. The normalized spacial score (nSPS) is 27.0. The summed E-state index contributed by atoms with van der Waals surface area (Å²) >= 11 is 2.82. The Labute approximate surface area is 277 Å². The number of hydrogen-bond donors (Lipinski definition) is 2. The molecular weight excluding hydrogens is 642 g/mol. The summed E-state index contributed by atoms with van der Waals surface area (Å²) in [7, 11) is 1.52. The number of ether oxygens (including phenoxy) is 2. The van der Waals surface area contributed by atoms with Gasteiger partial charge in [-0.3, -0.25) is 24.1 Å². The molecule has 1 aromatic heterocycles. The van der Waals surface area contributed by atoms with Crippen LogP contribution in [0.4, 0.5) is 15.8 Å². The second-order valence-electron chi connectivity index (χ2n) is 12.6. The highest BCUT2D eigenvalue weighted by atomic mass is 32.2. The number of H-pyrrole nitrogens is 1. The van der Waals surface area contributed by atoms with Crippen LogP contribution in [0.2, 0.25) is 0 Å². The number of methoxy groups -OCH3 is 1. The predicted octanol–water partition coefficient (Wildman–Crippen LogP) is 5.59. The molecule has 2 aliphatic carbocycles. The van der Waals surface area contributed by atoms with E-state index in [0.29, 0.717) is 22.9 Å². The number of anilines is 2. The standard InChI is InChI=1S/C35H30FN3O6S2/c1-16-3-10-20(11-4-16)39-33(41)28-21-14-22(29(28)34(39)42)30-27(21)26(31-32(46-30)38-35(43)47-31)17-5-12-23(24(13-17)44-2)45-15-25(40)37-19-8-6-18(36)7-9-19/h3-13,21-22,26-30H,14-15H2,1-2H3,(H,37,40)(H,38,43)/t21-,22-,26-,27?,28?,29?,30?/m1/s1. The minimum Gasteiger partial charge on any atom is -0.493 e. The number of thiazole rings is 1. The number of carbonyl (C=O) groups excluding carboxylic acids is 3. The molecule has 9 nitrogen and oxygen atoms in total. The maximum Gasteiger partial charge on any atom is 0.305 e. The van der Waals surface area contributed by atoms with Gasteiger partial charge in [0.25, 0.3) is 5.91 Å². The number of aryl methyl sites for hydroxylation is 1. The van der Waals surface area contributed by atoms with Crippen LogP contribution in [0.15, 0.2) is 76.6 Å². The molecule has 0 radical (unpaired) electrons. The van der Waals surface area contributed by atoms with E-state index >= 15 is 0 Å². The number of imide groups is 1. The third kappa shape index (κ3) is 4.88. The summed E-state index contributed by atoms with van der Waals surface area (Å²) in [6.07, 6.45) is 0.786. The molecule has 2 N–H and O–H groups in total. The van der Waals surface area contributed by atoms with Crippen LogP contribution >= 0.6 is 23.1 Å². The second-order valence-corrected chi connectivity index (χ2v) is 14.8. The summed E-state index contributed by atoms with van der Waals surface area (Å²) in [5, 5.41) is 3.54. The van der Waals surface area contributed by atoms with Gasteiger partial charge >= 0.3 is 4.87 Å². The minimum absolute atomic E-state index is 0.00933. The number of fused-ring (bicyclic) bond motifs is 9. The zero-order valence-electron chi connectivity index (χ0n) is 25.4. The molecule has 47 heavy (non-hydrogen) atoms. The Kier molecular flexibility index (Phi) is 7.25. The van der Waals surface area contributed by atoms with Crippen LogP contribution in [-0.2, 0) is 14.4 Å². The molecule has 2 aliphatic heterocycles. The van der Waals surface area contributed by atoms with Crippen LogP contribution in [0.3, 0.4) is 0 Å². The Balaban J connectivity index is 1.09. The second kappa shape index (κ2) is 11.4. The molecule has 7 atom stereocenters. The zero-order chi connectivity index (χ0) is 32.6. The van der Waals surface area contributed by atoms with Gasteiger partial charge in [0.15, 0.2) is 18.1 Å². The van der Waals surface area contributed by atoms with Crippen molar-refractivity contribution < 1.29 is 28.2 Å². The van der Waals surface area contributed by atoms with E-state index < -0.39 is 17.6 Å². The average Bonchev–Trinajstić information content (AvgIpc) is 3.80. The van der Waals surface area contributed by atoms with Crippen molar-refractivity contribution in [3.8, 4) is 11.5 Å². The smallest absolute Gasteiger partial charge is 0.305 e. The fraction of sp³-hybridized carbons (Fsp3) is 0.314. The Morgan fingerprint density at radius 3 is 2.43 bits per heavy atom. The van der Waals surface area contributed by atoms with E-state index in [2.05, 4.69) is 10.3 Å². The van der Waals surface area contributed by atoms with E-state index in [1.807, 2.05) is 43.3 Å². The third-order valence-corrected chi connectivity index (χ3v) is 12.6. The largest absolute Gasteiger partial charge is 0.493 e. The highest BCUT2D eigenvalue weighted by Gasteiger charge is 2.69. The molecular formula is C35H30FN3O6S2. The fourth-order valence-electron chi connectivity index (χ4n) is 8.21. The summed E-state index contributed by atoms with van der Waals surface area (Å²) in [6.45, 7) is 1.68. The van der Waals surface area contributed by atoms with Gasteiger partial charge in [0.1, 0.15) is 5.82 Å². The molecule has 12 heteroatoms. The van der Waals surface area contributed by atoms with Crippen LogP contribution in [0.25, 0.3) is 0 Å². The number of amides is 3. The Morgan fingerprint density at radius 2 is 1.70 bits per heavy atom. The fourth-order valence-corrected chi connectivity index (χ4v) is 11.1. The molecule has 3 fully saturated rings. The summed E-state index contributed by atoms with van der Waals surface area (Å²) in [6, 6.07) is 18.5. The highest BCUT2D eigenvalue weighted by molar-refractivity contribution is 8.00. The van der Waals surface area contributed by atoms with Crippen molar-refractivity contribution in [2.24, 2.45) is 29.6 Å². The number of benzene rings is 3. The summed E-state index contributed by atoms with van der Waals surface area (Å²) in [4.78, 5) is 58.3. The number of carbonyl (C=O) groups is 3. The van der Waals surface area contributed by atoms with Gasteiger partial charge < -0.3 is 19.8 Å². The lowest BCUT2D eigenvalue weighted by molar-refractivity contribution is -0.123. The number of nitrogens with zero attached hydrogens (tertiary/aromatic N) is 1. The maximum atomic E-state index is 14.0. The van der Waals surface area contributed by atoms with Crippen LogP contribution in [0, 0.1) is 42.3 Å². The first kappa shape index (κ1) is 29.9.